The van der Waals surface area contributed by atoms with Crippen molar-refractivity contribution in [3.63, 3.8) is 0 Å². The molecule has 0 spiro atoms. The first kappa shape index (κ1) is 12.0. The maximum absolute atomic E-state index is 3.46. The first-order valence-electron chi connectivity index (χ1n) is 5.96. The topological polar surface area (TPSA) is 15.3 Å². The monoisotopic (exact) mass is 198 g/mol. The summed E-state index contributed by atoms with van der Waals surface area (Å²) in [5.74, 6) is 1.54. The Labute approximate surface area is 89.1 Å². The molecule has 14 heavy (non-hydrogen) atoms. The van der Waals surface area contributed by atoms with Gasteiger partial charge in [-0.1, -0.05) is 20.8 Å². The normalized spacial score (nSPS) is 31.1. The largest absolute Gasteiger partial charge is 0.316 e. The number of nitrogens with one attached hydrogen (secondary N) is 1. The summed E-state index contributed by atoms with van der Waals surface area (Å²) in [4.78, 5) is 2.58. The van der Waals surface area contributed by atoms with Crippen molar-refractivity contribution in [1.82, 2.24) is 10.2 Å². The van der Waals surface area contributed by atoms with Gasteiger partial charge in [-0.05, 0) is 45.3 Å². The Morgan fingerprint density at radius 3 is 2.43 bits per heavy atom. The molecule has 3 unspecified atom stereocenters. The van der Waals surface area contributed by atoms with E-state index in [1.54, 1.807) is 0 Å². The zero-order chi connectivity index (χ0) is 10.7. The SMILES string of the molecule is CC(C)C(C)N(C)C1CCNCC1C. The van der Waals surface area contributed by atoms with Gasteiger partial charge in [-0.15, -0.1) is 0 Å². The van der Waals surface area contributed by atoms with Crippen LogP contribution in [0.4, 0.5) is 0 Å². The molecule has 0 amide bonds. The van der Waals surface area contributed by atoms with Crippen molar-refractivity contribution < 1.29 is 0 Å². The molecule has 3 atom stereocenters. The Bertz CT molecular complexity index is 168. The van der Waals surface area contributed by atoms with E-state index in [4.69, 9.17) is 0 Å². The third kappa shape index (κ3) is 2.71. The van der Waals surface area contributed by atoms with E-state index in [-0.39, 0.29) is 0 Å². The molecule has 0 saturated carbocycles. The standard InChI is InChI=1S/C12H26N2/c1-9(2)11(4)14(5)12-6-7-13-8-10(12)3/h9-13H,6-8H2,1-5H3. The van der Waals surface area contributed by atoms with Crippen LogP contribution in [0.25, 0.3) is 0 Å². The Kier molecular flexibility index (Phi) is 4.39. The first-order chi connectivity index (χ1) is 6.54. The second-order valence-electron chi connectivity index (χ2n) is 5.19. The van der Waals surface area contributed by atoms with Gasteiger partial charge < -0.3 is 10.2 Å². The lowest BCUT2D eigenvalue weighted by Crippen LogP contribution is -2.51. The van der Waals surface area contributed by atoms with Crippen LogP contribution >= 0.6 is 0 Å². The van der Waals surface area contributed by atoms with E-state index in [1.165, 1.54) is 19.5 Å². The molecular weight excluding hydrogens is 172 g/mol. The van der Waals surface area contributed by atoms with Gasteiger partial charge in [-0.25, -0.2) is 0 Å². The van der Waals surface area contributed by atoms with Crippen molar-refractivity contribution >= 4 is 0 Å². The summed E-state index contributed by atoms with van der Waals surface area (Å²) in [6, 6.07) is 1.47. The van der Waals surface area contributed by atoms with Gasteiger partial charge in [0.15, 0.2) is 0 Å². The van der Waals surface area contributed by atoms with E-state index in [9.17, 15) is 0 Å². The Morgan fingerprint density at radius 2 is 1.93 bits per heavy atom. The fourth-order valence-corrected chi connectivity index (χ4v) is 2.38. The molecule has 1 aliphatic rings. The van der Waals surface area contributed by atoms with Gasteiger partial charge in [0.2, 0.25) is 0 Å². The molecule has 0 bridgehead atoms. The van der Waals surface area contributed by atoms with Crippen LogP contribution in [0.15, 0.2) is 0 Å². The summed E-state index contributed by atoms with van der Waals surface area (Å²) >= 11 is 0. The number of hydrogen-bond acceptors (Lipinski definition) is 2. The molecule has 0 aromatic rings. The molecule has 2 nitrogen and oxygen atoms in total. The van der Waals surface area contributed by atoms with Gasteiger partial charge in [0.1, 0.15) is 0 Å². The molecule has 0 aliphatic carbocycles. The van der Waals surface area contributed by atoms with E-state index >= 15 is 0 Å². The van der Waals surface area contributed by atoms with Crippen LogP contribution in [0.5, 0.6) is 0 Å². The lowest BCUT2D eigenvalue weighted by atomic mass is 9.91. The third-order valence-electron chi connectivity index (χ3n) is 3.87. The molecule has 0 aromatic carbocycles. The van der Waals surface area contributed by atoms with Crippen LogP contribution in [-0.4, -0.2) is 37.1 Å². The number of hydrogen-bond donors (Lipinski definition) is 1. The number of rotatable bonds is 3. The lowest BCUT2D eigenvalue weighted by molar-refractivity contribution is 0.0897. The van der Waals surface area contributed by atoms with E-state index in [1.807, 2.05) is 0 Å². The highest BCUT2D eigenvalue weighted by molar-refractivity contribution is 4.84. The molecule has 2 heteroatoms. The van der Waals surface area contributed by atoms with Gasteiger partial charge >= 0.3 is 0 Å². The average Bonchev–Trinajstić information content (AvgIpc) is 2.16. The summed E-state index contributed by atoms with van der Waals surface area (Å²) < 4.78 is 0. The summed E-state index contributed by atoms with van der Waals surface area (Å²) in [5, 5.41) is 3.46. The van der Waals surface area contributed by atoms with Crippen LogP contribution in [0, 0.1) is 11.8 Å². The van der Waals surface area contributed by atoms with Crippen molar-refractivity contribution in [1.29, 1.82) is 0 Å². The maximum atomic E-state index is 3.46. The second-order valence-corrected chi connectivity index (χ2v) is 5.19. The second kappa shape index (κ2) is 5.13. The van der Waals surface area contributed by atoms with Gasteiger partial charge in [0, 0.05) is 12.1 Å². The smallest absolute Gasteiger partial charge is 0.0145 e. The van der Waals surface area contributed by atoms with Crippen molar-refractivity contribution in [2.45, 2.75) is 46.2 Å². The summed E-state index contributed by atoms with van der Waals surface area (Å²) in [6.45, 7) is 11.7. The number of nitrogens with zero attached hydrogens (tertiary/aromatic N) is 1. The van der Waals surface area contributed by atoms with Crippen molar-refractivity contribution in [2.24, 2.45) is 11.8 Å². The molecule has 1 rings (SSSR count). The molecule has 1 saturated heterocycles. The van der Waals surface area contributed by atoms with Gasteiger partial charge in [-0.2, -0.15) is 0 Å². The minimum atomic E-state index is 0.695. The maximum Gasteiger partial charge on any atom is 0.0145 e. The lowest BCUT2D eigenvalue weighted by Gasteiger charge is -2.41. The Balaban J connectivity index is 2.53. The van der Waals surface area contributed by atoms with Crippen LogP contribution in [0.3, 0.4) is 0 Å². The van der Waals surface area contributed by atoms with Gasteiger partial charge in [0.25, 0.3) is 0 Å². The molecular formula is C12H26N2. The van der Waals surface area contributed by atoms with Crippen molar-refractivity contribution in [2.75, 3.05) is 20.1 Å². The zero-order valence-electron chi connectivity index (χ0n) is 10.4. The number of piperidine rings is 1. The average molecular weight is 198 g/mol. The van der Waals surface area contributed by atoms with Crippen LogP contribution < -0.4 is 5.32 Å². The van der Waals surface area contributed by atoms with Crippen LogP contribution in [0.1, 0.15) is 34.1 Å². The fourth-order valence-electron chi connectivity index (χ4n) is 2.38. The summed E-state index contributed by atoms with van der Waals surface area (Å²) in [7, 11) is 2.29. The minimum Gasteiger partial charge on any atom is -0.316 e. The molecule has 0 radical (unpaired) electrons. The molecule has 1 aliphatic heterocycles. The Hall–Kier alpha value is -0.0800. The van der Waals surface area contributed by atoms with Gasteiger partial charge in [-0.3, -0.25) is 0 Å². The highest BCUT2D eigenvalue weighted by atomic mass is 15.2. The van der Waals surface area contributed by atoms with E-state index in [0.29, 0.717) is 6.04 Å². The minimum absolute atomic E-state index is 0.695. The predicted molar refractivity (Wildman–Crippen MR) is 62.5 cm³/mol. The molecule has 84 valence electrons. The van der Waals surface area contributed by atoms with E-state index in [2.05, 4.69) is 45.0 Å². The zero-order valence-corrected chi connectivity index (χ0v) is 10.4. The predicted octanol–water partition coefficient (Wildman–Crippen LogP) is 1.96. The molecule has 0 aromatic heterocycles. The van der Waals surface area contributed by atoms with Crippen LogP contribution in [-0.2, 0) is 0 Å². The third-order valence-corrected chi connectivity index (χ3v) is 3.87. The highest BCUT2D eigenvalue weighted by Gasteiger charge is 2.28. The quantitative estimate of drug-likeness (QED) is 0.746. The fraction of sp³-hybridized carbons (Fsp3) is 1.00. The highest BCUT2D eigenvalue weighted by Crippen LogP contribution is 2.21. The van der Waals surface area contributed by atoms with Crippen molar-refractivity contribution in [3.05, 3.63) is 0 Å². The van der Waals surface area contributed by atoms with Crippen molar-refractivity contribution in [3.8, 4) is 0 Å². The Morgan fingerprint density at radius 1 is 1.29 bits per heavy atom. The molecule has 1 heterocycles. The summed E-state index contributed by atoms with van der Waals surface area (Å²) in [5.41, 5.74) is 0. The van der Waals surface area contributed by atoms with E-state index < -0.39 is 0 Å². The van der Waals surface area contributed by atoms with Gasteiger partial charge in [0.05, 0.1) is 0 Å². The summed E-state index contributed by atoms with van der Waals surface area (Å²) in [6.07, 6.45) is 1.30. The molecule has 1 fully saturated rings. The molecule has 1 N–H and O–H groups in total. The van der Waals surface area contributed by atoms with Crippen LogP contribution in [0.2, 0.25) is 0 Å². The van der Waals surface area contributed by atoms with E-state index in [0.717, 1.165) is 17.9 Å². The first-order valence-corrected chi connectivity index (χ1v) is 5.96.